The van der Waals surface area contributed by atoms with Crippen molar-refractivity contribution in [1.29, 1.82) is 0 Å². The molecule has 11 heavy (non-hydrogen) atoms. The maximum atomic E-state index is 8.87. The second-order valence-corrected chi connectivity index (χ2v) is 1.68. The molecule has 0 fully saturated rings. The van der Waals surface area contributed by atoms with E-state index in [4.69, 9.17) is 19.6 Å². The summed E-state index contributed by atoms with van der Waals surface area (Å²) in [5, 5.41) is 17.7. The van der Waals surface area contributed by atoms with Gasteiger partial charge in [0, 0.05) is 31.0 Å². The number of nitrogens with zero attached hydrogens (tertiary/aromatic N) is 2. The number of hydrogen-bond acceptors (Lipinski definition) is 4. The first kappa shape index (κ1) is 2.84. The molecule has 0 radical (unpaired) electrons. The van der Waals surface area contributed by atoms with Crippen LogP contribution in [0.25, 0.3) is 0 Å². The van der Waals surface area contributed by atoms with Crippen molar-refractivity contribution in [2.24, 2.45) is 0 Å². The molecular formula is C6H9BN2O2. The number of aromatic nitrogens is 2. The van der Waals surface area contributed by atoms with E-state index >= 15 is 0 Å². The molecule has 0 saturated heterocycles. The van der Waals surface area contributed by atoms with Gasteiger partial charge in [0.2, 0.25) is 0 Å². The van der Waals surface area contributed by atoms with Crippen molar-refractivity contribution in [3.63, 3.8) is 0 Å². The molecule has 0 atom stereocenters. The Morgan fingerprint density at radius 1 is 1.73 bits per heavy atom. The van der Waals surface area contributed by atoms with Crippen LogP contribution in [-0.2, 0) is 6.37 Å². The standard InChI is InChI=1S/C6H9BN2O2/c1-2-6-8-3-5(4-9-6)7(10)11/h3-4,10-11H,2H2,1H3/i1D3,2D2,3D,4D. The van der Waals surface area contributed by atoms with Gasteiger partial charge in [-0.25, -0.2) is 9.97 Å². The van der Waals surface area contributed by atoms with E-state index in [2.05, 4.69) is 9.97 Å². The molecule has 1 aromatic heterocycles. The van der Waals surface area contributed by atoms with Crippen LogP contribution in [0.15, 0.2) is 12.3 Å². The second-order valence-electron chi connectivity index (χ2n) is 1.68. The molecule has 0 saturated carbocycles. The zero-order valence-electron chi connectivity index (χ0n) is 12.4. The van der Waals surface area contributed by atoms with E-state index in [0.29, 0.717) is 0 Å². The summed E-state index contributed by atoms with van der Waals surface area (Å²) < 4.78 is 50.4. The molecule has 0 aromatic carbocycles. The Morgan fingerprint density at radius 2 is 2.36 bits per heavy atom. The van der Waals surface area contributed by atoms with Crippen LogP contribution in [0, 0.1) is 0 Å². The Labute approximate surface area is 74.9 Å². The summed E-state index contributed by atoms with van der Waals surface area (Å²) in [7, 11) is -2.15. The molecule has 0 aliphatic rings. The summed E-state index contributed by atoms with van der Waals surface area (Å²) in [5.74, 6) is -0.859. The highest BCUT2D eigenvalue weighted by atomic mass is 16.4. The fraction of sp³-hybridized carbons (Fsp3) is 0.333. The monoisotopic (exact) mass is 159 g/mol. The van der Waals surface area contributed by atoms with Gasteiger partial charge in [-0.2, -0.15) is 0 Å². The van der Waals surface area contributed by atoms with Crippen molar-refractivity contribution in [3.8, 4) is 0 Å². The molecule has 0 amide bonds. The summed E-state index contributed by atoms with van der Waals surface area (Å²) in [4.78, 5) is 6.55. The van der Waals surface area contributed by atoms with Crippen molar-refractivity contribution >= 4 is 12.6 Å². The lowest BCUT2D eigenvalue weighted by molar-refractivity contribution is 0.425. The Balaban J connectivity index is 3.39. The molecule has 4 nitrogen and oxygen atoms in total. The van der Waals surface area contributed by atoms with Gasteiger partial charge in [-0.1, -0.05) is 6.85 Å². The summed E-state index contributed by atoms with van der Waals surface area (Å²) in [6.07, 6.45) is -4.53. The third-order valence-electron chi connectivity index (χ3n) is 0.935. The Kier molecular flexibility index (Phi) is 0.892. The van der Waals surface area contributed by atoms with Gasteiger partial charge in [0.15, 0.2) is 0 Å². The van der Waals surface area contributed by atoms with Crippen LogP contribution in [0.1, 0.15) is 22.3 Å². The normalized spacial score (nSPS) is 21.5. The fourth-order valence-electron chi connectivity index (χ4n) is 0.448. The van der Waals surface area contributed by atoms with Gasteiger partial charge in [-0.15, -0.1) is 0 Å². The maximum Gasteiger partial charge on any atom is 0.491 e. The van der Waals surface area contributed by atoms with Crippen molar-refractivity contribution in [2.45, 2.75) is 13.2 Å². The van der Waals surface area contributed by atoms with E-state index in [0.717, 1.165) is 0 Å². The average Bonchev–Trinajstić information content (AvgIpc) is 2.13. The van der Waals surface area contributed by atoms with Gasteiger partial charge in [0.05, 0.1) is 2.74 Å². The Hall–Kier alpha value is -0.935. The molecule has 0 bridgehead atoms. The third-order valence-corrected chi connectivity index (χ3v) is 0.935. The summed E-state index contributed by atoms with van der Waals surface area (Å²) in [6.45, 7) is -3.06. The molecule has 0 spiro atoms. The second kappa shape index (κ2) is 3.45. The Morgan fingerprint density at radius 3 is 2.82 bits per heavy atom. The summed E-state index contributed by atoms with van der Waals surface area (Å²) in [5.41, 5.74) is -0.611. The average molecular weight is 159 g/mol. The van der Waals surface area contributed by atoms with Gasteiger partial charge in [0.25, 0.3) is 0 Å². The first-order valence-corrected chi connectivity index (χ1v) is 2.70. The minimum Gasteiger partial charge on any atom is -0.423 e. The van der Waals surface area contributed by atoms with E-state index in [9.17, 15) is 0 Å². The number of aryl methyl sites for hydroxylation is 1. The zero-order valence-corrected chi connectivity index (χ0v) is 5.37. The molecule has 5 heteroatoms. The van der Waals surface area contributed by atoms with Gasteiger partial charge >= 0.3 is 7.12 Å². The minimum absolute atomic E-state index is 0.611. The zero-order chi connectivity index (χ0) is 14.3. The van der Waals surface area contributed by atoms with E-state index in [1.54, 1.807) is 0 Å². The van der Waals surface area contributed by atoms with Gasteiger partial charge in [-0.3, -0.25) is 0 Å². The van der Waals surface area contributed by atoms with E-state index in [1.807, 2.05) is 0 Å². The minimum atomic E-state index is -3.06. The van der Waals surface area contributed by atoms with Crippen LogP contribution in [0.2, 0.25) is 0 Å². The highest BCUT2D eigenvalue weighted by Gasteiger charge is 2.10. The molecule has 2 N–H and O–H groups in total. The lowest BCUT2D eigenvalue weighted by atomic mass is 9.83. The first-order chi connectivity index (χ1) is 7.98. The van der Waals surface area contributed by atoms with Crippen LogP contribution >= 0.6 is 0 Å². The fourth-order valence-corrected chi connectivity index (χ4v) is 0.448. The Bertz CT molecular complexity index is 441. The molecule has 0 unspecified atom stereocenters. The van der Waals surface area contributed by atoms with Crippen LogP contribution in [0.3, 0.4) is 0 Å². The SMILES string of the molecule is [2H]c1nc(C([2H])([2H])C([2H])([2H])[2H])nc([2H])c1B(O)O. The lowest BCUT2D eigenvalue weighted by Crippen LogP contribution is -2.30. The topological polar surface area (TPSA) is 66.2 Å². The lowest BCUT2D eigenvalue weighted by Gasteiger charge is -1.97. The predicted octanol–water partition coefficient (Wildman–Crippen LogP) is -1.28. The molecule has 1 aromatic rings. The van der Waals surface area contributed by atoms with Crippen molar-refractivity contribution in [1.82, 2.24) is 9.97 Å². The van der Waals surface area contributed by atoms with E-state index in [1.165, 1.54) is 0 Å². The molecule has 0 aliphatic carbocycles. The predicted molar refractivity (Wildman–Crippen MR) is 41.2 cm³/mol. The van der Waals surface area contributed by atoms with Gasteiger partial charge < -0.3 is 10.0 Å². The molecule has 1 heterocycles. The first-order valence-electron chi connectivity index (χ1n) is 6.20. The molecule has 0 aliphatic heterocycles. The van der Waals surface area contributed by atoms with Crippen molar-refractivity contribution in [3.05, 3.63) is 18.2 Å². The van der Waals surface area contributed by atoms with E-state index < -0.39 is 44.0 Å². The summed E-state index contributed by atoms with van der Waals surface area (Å²) in [6, 6.07) is 0. The molecule has 1 rings (SSSR count). The van der Waals surface area contributed by atoms with Gasteiger partial charge in [-0.05, 0) is 0 Å². The highest BCUT2D eigenvalue weighted by molar-refractivity contribution is 6.58. The number of rotatable bonds is 2. The highest BCUT2D eigenvalue weighted by Crippen LogP contribution is 1.85. The van der Waals surface area contributed by atoms with Crippen LogP contribution < -0.4 is 5.46 Å². The van der Waals surface area contributed by atoms with Crippen LogP contribution in [0.4, 0.5) is 0 Å². The van der Waals surface area contributed by atoms with Crippen molar-refractivity contribution in [2.75, 3.05) is 0 Å². The van der Waals surface area contributed by atoms with E-state index in [-0.39, 0.29) is 0 Å². The van der Waals surface area contributed by atoms with Crippen LogP contribution in [-0.4, -0.2) is 27.1 Å². The van der Waals surface area contributed by atoms with Crippen LogP contribution in [0.5, 0.6) is 0 Å². The third kappa shape index (κ3) is 1.99. The largest absolute Gasteiger partial charge is 0.491 e. The van der Waals surface area contributed by atoms with Crippen molar-refractivity contribution < 1.29 is 19.6 Å². The maximum absolute atomic E-state index is 8.87. The molecular weight excluding hydrogens is 143 g/mol. The quantitative estimate of drug-likeness (QED) is 0.527. The molecule has 58 valence electrons. The summed E-state index contributed by atoms with van der Waals surface area (Å²) >= 11 is 0. The van der Waals surface area contributed by atoms with Gasteiger partial charge in [0.1, 0.15) is 5.82 Å². The smallest absolute Gasteiger partial charge is 0.423 e. The number of hydrogen-bond donors (Lipinski definition) is 2.